The Morgan fingerprint density at radius 3 is 2.87 bits per heavy atom. The second-order valence-electron chi connectivity index (χ2n) is 8.91. The fourth-order valence-corrected chi connectivity index (χ4v) is 5.07. The number of pyridine rings is 2. The van der Waals surface area contributed by atoms with Crippen LogP contribution in [0.25, 0.3) is 22.3 Å². The third kappa shape index (κ3) is 3.77. The van der Waals surface area contributed by atoms with Gasteiger partial charge in [-0.2, -0.15) is 10.4 Å². The monoisotopic (exact) mass is 416 g/mol. The number of nitrogens with one attached hydrogen (secondary N) is 1. The van der Waals surface area contributed by atoms with Crippen LogP contribution in [0, 0.1) is 16.7 Å². The molecule has 1 atom stereocenters. The lowest BCUT2D eigenvalue weighted by atomic mass is 9.71. The van der Waals surface area contributed by atoms with Gasteiger partial charge in [-0.1, -0.05) is 19.3 Å². The number of anilines is 1. The van der Waals surface area contributed by atoms with Gasteiger partial charge in [-0.25, -0.2) is 4.98 Å². The molecule has 31 heavy (non-hydrogen) atoms. The molecule has 0 amide bonds. The molecule has 2 aliphatic rings. The number of nitrogens with zero attached hydrogens (tertiary/aromatic N) is 5. The van der Waals surface area contributed by atoms with Crippen LogP contribution in [0.3, 0.4) is 0 Å². The molecule has 160 valence electrons. The predicted octanol–water partition coefficient (Wildman–Crippen LogP) is 4.26. The quantitative estimate of drug-likeness (QED) is 0.683. The molecule has 1 saturated carbocycles. The molecule has 0 bridgehead atoms. The minimum atomic E-state index is -0.294. The van der Waals surface area contributed by atoms with Gasteiger partial charge in [-0.15, -0.1) is 0 Å². The normalized spacial score (nSPS) is 21.2. The molecule has 0 spiro atoms. The zero-order valence-corrected chi connectivity index (χ0v) is 18.0. The van der Waals surface area contributed by atoms with Crippen molar-refractivity contribution >= 4 is 16.7 Å². The largest absolute Gasteiger partial charge is 0.377 e. The molecule has 1 aliphatic heterocycles. The SMILES string of the molecule is C[C@@H]1COCCN1c1cc(CC2(C#N)CCCCC2)c2ccnc(-c3ccn[nH]3)c2n1. The summed E-state index contributed by atoms with van der Waals surface area (Å²) in [6, 6.07) is 9.11. The van der Waals surface area contributed by atoms with E-state index >= 15 is 0 Å². The van der Waals surface area contributed by atoms with E-state index < -0.39 is 0 Å². The second-order valence-corrected chi connectivity index (χ2v) is 8.91. The molecule has 1 aliphatic carbocycles. The van der Waals surface area contributed by atoms with Crippen LogP contribution in [0.4, 0.5) is 5.82 Å². The minimum absolute atomic E-state index is 0.249. The van der Waals surface area contributed by atoms with Crippen LogP contribution < -0.4 is 4.90 Å². The van der Waals surface area contributed by atoms with Crippen molar-refractivity contribution in [2.75, 3.05) is 24.7 Å². The van der Waals surface area contributed by atoms with Crippen LogP contribution in [-0.4, -0.2) is 46.0 Å². The van der Waals surface area contributed by atoms with Gasteiger partial charge >= 0.3 is 0 Å². The number of aromatic nitrogens is 4. The number of hydrogen-bond acceptors (Lipinski definition) is 6. The minimum Gasteiger partial charge on any atom is -0.377 e. The van der Waals surface area contributed by atoms with Gasteiger partial charge in [0.25, 0.3) is 0 Å². The molecule has 2 fully saturated rings. The molecular weight excluding hydrogens is 388 g/mol. The summed E-state index contributed by atoms with van der Waals surface area (Å²) in [5, 5.41) is 18.3. The smallest absolute Gasteiger partial charge is 0.130 e. The van der Waals surface area contributed by atoms with E-state index in [4.69, 9.17) is 9.72 Å². The van der Waals surface area contributed by atoms with Crippen molar-refractivity contribution in [1.82, 2.24) is 20.2 Å². The van der Waals surface area contributed by atoms with Crippen LogP contribution in [-0.2, 0) is 11.2 Å². The fraction of sp³-hybridized carbons (Fsp3) is 0.500. The van der Waals surface area contributed by atoms with Crippen molar-refractivity contribution in [3.05, 3.63) is 36.2 Å². The molecule has 0 aromatic carbocycles. The summed E-state index contributed by atoms with van der Waals surface area (Å²) in [5.41, 5.74) is 3.40. The molecule has 1 N–H and O–H groups in total. The van der Waals surface area contributed by atoms with Crippen molar-refractivity contribution in [3.8, 4) is 17.5 Å². The number of morpholine rings is 1. The maximum atomic E-state index is 10.1. The van der Waals surface area contributed by atoms with Crippen molar-refractivity contribution < 1.29 is 4.74 Å². The first-order valence-electron chi connectivity index (χ1n) is 11.2. The lowest BCUT2D eigenvalue weighted by molar-refractivity contribution is 0.0985. The van der Waals surface area contributed by atoms with Crippen molar-refractivity contribution in [2.45, 2.75) is 51.5 Å². The number of rotatable bonds is 4. The molecule has 7 heteroatoms. The number of H-pyrrole nitrogens is 1. The van der Waals surface area contributed by atoms with Gasteiger partial charge in [0.1, 0.15) is 17.0 Å². The van der Waals surface area contributed by atoms with Gasteiger partial charge in [-0.05, 0) is 49.9 Å². The van der Waals surface area contributed by atoms with Gasteiger partial charge < -0.3 is 9.64 Å². The summed E-state index contributed by atoms with van der Waals surface area (Å²) < 4.78 is 5.65. The van der Waals surface area contributed by atoms with E-state index in [1.165, 1.54) is 12.0 Å². The predicted molar refractivity (Wildman–Crippen MR) is 120 cm³/mol. The first kappa shape index (κ1) is 20.0. The Bertz CT molecular complexity index is 1100. The summed E-state index contributed by atoms with van der Waals surface area (Å²) in [7, 11) is 0. The first-order chi connectivity index (χ1) is 15.2. The highest BCUT2D eigenvalue weighted by Crippen LogP contribution is 2.41. The molecule has 7 nitrogen and oxygen atoms in total. The second kappa shape index (κ2) is 8.27. The zero-order valence-electron chi connectivity index (χ0n) is 18.0. The summed E-state index contributed by atoms with van der Waals surface area (Å²) in [6.45, 7) is 4.36. The molecular formula is C24H28N6O. The van der Waals surface area contributed by atoms with E-state index in [0.29, 0.717) is 13.2 Å². The Morgan fingerprint density at radius 2 is 2.13 bits per heavy atom. The molecule has 3 aromatic heterocycles. The summed E-state index contributed by atoms with van der Waals surface area (Å²) >= 11 is 0. The van der Waals surface area contributed by atoms with Gasteiger partial charge in [0.2, 0.25) is 0 Å². The average Bonchev–Trinajstić information content (AvgIpc) is 3.34. The lowest BCUT2D eigenvalue weighted by Crippen LogP contribution is -2.44. The molecule has 4 heterocycles. The first-order valence-corrected chi connectivity index (χ1v) is 11.2. The van der Waals surface area contributed by atoms with Crippen LogP contribution in [0.2, 0.25) is 0 Å². The van der Waals surface area contributed by atoms with Crippen LogP contribution in [0.5, 0.6) is 0 Å². The van der Waals surface area contributed by atoms with Crippen molar-refractivity contribution in [3.63, 3.8) is 0 Å². The number of hydrogen-bond donors (Lipinski definition) is 1. The number of aromatic amines is 1. The number of fused-ring (bicyclic) bond motifs is 1. The average molecular weight is 417 g/mol. The highest BCUT2D eigenvalue weighted by molar-refractivity contribution is 5.93. The summed E-state index contributed by atoms with van der Waals surface area (Å²) in [4.78, 5) is 12.0. The molecule has 5 rings (SSSR count). The third-order valence-electron chi connectivity index (χ3n) is 6.79. The Hall–Kier alpha value is -2.98. The van der Waals surface area contributed by atoms with E-state index in [1.54, 1.807) is 6.20 Å². The van der Waals surface area contributed by atoms with Gasteiger partial charge in [0.15, 0.2) is 0 Å². The van der Waals surface area contributed by atoms with Crippen LogP contribution in [0.15, 0.2) is 30.6 Å². The number of nitriles is 1. The Morgan fingerprint density at radius 1 is 1.26 bits per heavy atom. The maximum Gasteiger partial charge on any atom is 0.130 e. The Balaban J connectivity index is 1.67. The lowest BCUT2D eigenvalue weighted by Gasteiger charge is -2.35. The van der Waals surface area contributed by atoms with E-state index in [0.717, 1.165) is 66.8 Å². The van der Waals surface area contributed by atoms with Crippen molar-refractivity contribution in [1.29, 1.82) is 5.26 Å². The van der Waals surface area contributed by atoms with E-state index in [9.17, 15) is 5.26 Å². The summed E-state index contributed by atoms with van der Waals surface area (Å²) in [5.74, 6) is 0.941. The Labute approximate surface area is 182 Å². The third-order valence-corrected chi connectivity index (χ3v) is 6.79. The Kier molecular flexibility index (Phi) is 5.33. The van der Waals surface area contributed by atoms with Gasteiger partial charge in [0, 0.05) is 24.3 Å². The van der Waals surface area contributed by atoms with Gasteiger partial charge in [-0.3, -0.25) is 10.1 Å². The summed E-state index contributed by atoms with van der Waals surface area (Å²) in [6.07, 6.45) is 9.74. The van der Waals surface area contributed by atoms with Crippen LogP contribution >= 0.6 is 0 Å². The molecule has 0 radical (unpaired) electrons. The fourth-order valence-electron chi connectivity index (χ4n) is 5.07. The van der Waals surface area contributed by atoms with E-state index in [-0.39, 0.29) is 11.5 Å². The number of ether oxygens (including phenoxy) is 1. The van der Waals surface area contributed by atoms with E-state index in [1.807, 2.05) is 18.3 Å². The highest BCUT2D eigenvalue weighted by atomic mass is 16.5. The van der Waals surface area contributed by atoms with E-state index in [2.05, 4.69) is 39.1 Å². The highest BCUT2D eigenvalue weighted by Gasteiger charge is 2.33. The zero-order chi connectivity index (χ0) is 21.3. The maximum absolute atomic E-state index is 10.1. The van der Waals surface area contributed by atoms with Gasteiger partial charge in [0.05, 0.1) is 36.4 Å². The molecule has 1 saturated heterocycles. The molecule has 0 unspecified atom stereocenters. The standard InChI is InChI=1S/C24H28N6O/c1-17-15-31-12-11-30(17)21-13-18(14-24(16-25)7-3-2-4-8-24)19-5-9-26-23(22(19)28-21)20-6-10-27-29-20/h5-6,9-10,13,17H,2-4,7-8,11-12,14-15H2,1H3,(H,27,29)/t17-/m1/s1. The van der Waals surface area contributed by atoms with Crippen LogP contribution in [0.1, 0.15) is 44.6 Å². The topological polar surface area (TPSA) is 90.7 Å². The van der Waals surface area contributed by atoms with Crippen molar-refractivity contribution in [2.24, 2.45) is 5.41 Å². The molecule has 3 aromatic rings.